The predicted octanol–water partition coefficient (Wildman–Crippen LogP) is -1.75. The highest BCUT2D eigenvalue weighted by Crippen LogP contribution is 2.07. The van der Waals surface area contributed by atoms with Gasteiger partial charge in [-0.05, 0) is 0 Å². The molecule has 81 valence electrons. The maximum Gasteiger partial charge on any atom is 0.152 e. The number of nitrogens with one attached hydrogen (secondary N) is 1. The quantitative estimate of drug-likeness (QED) is 0.567. The van der Waals surface area contributed by atoms with E-state index in [1.807, 2.05) is 0 Å². The zero-order valence-electron chi connectivity index (χ0n) is 8.15. The van der Waals surface area contributed by atoms with Gasteiger partial charge in [-0.2, -0.15) is 0 Å². The summed E-state index contributed by atoms with van der Waals surface area (Å²) in [5.74, 6) is 0.581. The molecule has 1 radical (unpaired) electrons. The minimum atomic E-state index is -2.76. The first-order valence-electron chi connectivity index (χ1n) is 4.99. The van der Waals surface area contributed by atoms with Crippen LogP contribution in [0.2, 0.25) is 0 Å². The average Bonchev–Trinajstić information content (AvgIpc) is 2.19. The Labute approximate surface area is 84.8 Å². The van der Waals surface area contributed by atoms with Crippen molar-refractivity contribution in [1.82, 2.24) is 15.5 Å². The normalized spacial score (nSPS) is 34.1. The van der Waals surface area contributed by atoms with Gasteiger partial charge >= 0.3 is 0 Å². The second-order valence-electron chi connectivity index (χ2n) is 3.78. The van der Waals surface area contributed by atoms with Crippen molar-refractivity contribution in [2.45, 2.75) is 6.17 Å². The summed E-state index contributed by atoms with van der Waals surface area (Å²) in [6.07, 6.45) is 0.194. The van der Waals surface area contributed by atoms with Crippen LogP contribution in [0, 0.1) is 0 Å². The molecule has 14 heavy (non-hydrogen) atoms. The summed E-state index contributed by atoms with van der Waals surface area (Å²) in [6, 6.07) is 0. The molecular weight excluding hydrogens is 202 g/mol. The molecule has 6 heteroatoms. The molecule has 0 spiro atoms. The van der Waals surface area contributed by atoms with Gasteiger partial charge in [0.2, 0.25) is 0 Å². The molecular formula is C8H16N3O2S. The van der Waals surface area contributed by atoms with E-state index in [0.717, 1.165) is 19.6 Å². The summed E-state index contributed by atoms with van der Waals surface area (Å²) >= 11 is 0. The smallest absolute Gasteiger partial charge is 0.152 e. The van der Waals surface area contributed by atoms with Gasteiger partial charge in [0.15, 0.2) is 9.84 Å². The van der Waals surface area contributed by atoms with Crippen molar-refractivity contribution in [3.05, 3.63) is 0 Å². The van der Waals surface area contributed by atoms with Crippen LogP contribution in [-0.4, -0.2) is 63.7 Å². The summed E-state index contributed by atoms with van der Waals surface area (Å²) in [6.45, 7) is 3.92. The Balaban J connectivity index is 1.88. The van der Waals surface area contributed by atoms with Crippen molar-refractivity contribution in [3.8, 4) is 0 Å². The molecule has 2 aliphatic heterocycles. The van der Waals surface area contributed by atoms with Crippen molar-refractivity contribution < 1.29 is 8.42 Å². The lowest BCUT2D eigenvalue weighted by atomic mass is 10.3. The number of hydrogen-bond acceptors (Lipinski definition) is 4. The monoisotopic (exact) mass is 218 g/mol. The van der Waals surface area contributed by atoms with E-state index in [1.54, 1.807) is 0 Å². The third-order valence-electron chi connectivity index (χ3n) is 2.76. The second kappa shape index (κ2) is 4.14. The van der Waals surface area contributed by atoms with Crippen molar-refractivity contribution in [2.75, 3.05) is 44.2 Å². The summed E-state index contributed by atoms with van der Waals surface area (Å²) in [5.41, 5.74) is 0. The molecule has 2 saturated heterocycles. The van der Waals surface area contributed by atoms with Crippen molar-refractivity contribution in [2.24, 2.45) is 0 Å². The third-order valence-corrected chi connectivity index (χ3v) is 4.37. The van der Waals surface area contributed by atoms with Crippen LogP contribution in [0.4, 0.5) is 0 Å². The highest BCUT2D eigenvalue weighted by Gasteiger charge is 2.28. The van der Waals surface area contributed by atoms with Crippen LogP contribution >= 0.6 is 0 Å². The van der Waals surface area contributed by atoms with Crippen LogP contribution in [0.5, 0.6) is 0 Å². The summed E-state index contributed by atoms with van der Waals surface area (Å²) < 4.78 is 22.4. The maximum atomic E-state index is 11.2. The van der Waals surface area contributed by atoms with Gasteiger partial charge in [0.1, 0.15) is 0 Å². The van der Waals surface area contributed by atoms with Gasteiger partial charge in [-0.15, -0.1) is 0 Å². The lowest BCUT2D eigenvalue weighted by molar-refractivity contribution is 0.156. The topological polar surface area (TPSA) is 63.5 Å². The minimum Gasteiger partial charge on any atom is -0.312 e. The summed E-state index contributed by atoms with van der Waals surface area (Å²) in [4.78, 5) is 2.16. The van der Waals surface area contributed by atoms with Gasteiger partial charge < -0.3 is 5.32 Å². The molecule has 0 aromatic heterocycles. The lowest BCUT2D eigenvalue weighted by Gasteiger charge is -2.36. The fraction of sp³-hybridized carbons (Fsp3) is 1.00. The Bertz CT molecular complexity index is 271. The van der Waals surface area contributed by atoms with E-state index in [2.05, 4.69) is 15.5 Å². The summed E-state index contributed by atoms with van der Waals surface area (Å²) in [7, 11) is -2.76. The van der Waals surface area contributed by atoms with E-state index in [-0.39, 0.29) is 6.17 Å². The van der Waals surface area contributed by atoms with E-state index >= 15 is 0 Å². The van der Waals surface area contributed by atoms with Gasteiger partial charge in [0.25, 0.3) is 0 Å². The third kappa shape index (κ3) is 2.44. The van der Waals surface area contributed by atoms with Crippen LogP contribution in [0.15, 0.2) is 0 Å². The Morgan fingerprint density at radius 2 is 2.00 bits per heavy atom. The fourth-order valence-electron chi connectivity index (χ4n) is 1.86. The van der Waals surface area contributed by atoms with E-state index in [0.29, 0.717) is 24.6 Å². The Kier molecular flexibility index (Phi) is 3.06. The largest absolute Gasteiger partial charge is 0.312 e. The molecule has 0 aliphatic carbocycles. The fourth-order valence-corrected chi connectivity index (χ4v) is 3.09. The molecule has 2 fully saturated rings. The van der Waals surface area contributed by atoms with Crippen molar-refractivity contribution >= 4 is 9.84 Å². The molecule has 0 aromatic rings. The number of rotatable bonds is 1. The first kappa shape index (κ1) is 10.4. The van der Waals surface area contributed by atoms with Crippen LogP contribution in [-0.2, 0) is 9.84 Å². The lowest BCUT2D eigenvalue weighted by Crippen LogP contribution is -2.57. The predicted molar refractivity (Wildman–Crippen MR) is 53.9 cm³/mol. The highest BCUT2D eigenvalue weighted by atomic mass is 32.2. The minimum absolute atomic E-state index is 0.194. The molecule has 0 saturated carbocycles. The van der Waals surface area contributed by atoms with Gasteiger partial charge in [-0.1, -0.05) is 0 Å². The Hall–Kier alpha value is -0.170. The van der Waals surface area contributed by atoms with E-state index in [4.69, 9.17) is 0 Å². The number of hydrogen-bond donors (Lipinski definition) is 1. The van der Waals surface area contributed by atoms with Gasteiger partial charge in [0.05, 0.1) is 17.7 Å². The first-order chi connectivity index (χ1) is 6.67. The number of sulfone groups is 1. The first-order valence-corrected chi connectivity index (χ1v) is 6.81. The van der Waals surface area contributed by atoms with Crippen LogP contribution in [0.1, 0.15) is 0 Å². The molecule has 2 rings (SSSR count). The molecule has 1 N–H and O–H groups in total. The molecule has 0 aromatic carbocycles. The van der Waals surface area contributed by atoms with Gasteiger partial charge in [-0.25, -0.2) is 13.7 Å². The van der Waals surface area contributed by atoms with Crippen molar-refractivity contribution in [3.63, 3.8) is 0 Å². The molecule has 2 aliphatic rings. The summed E-state index contributed by atoms with van der Waals surface area (Å²) in [5, 5.41) is 7.74. The zero-order valence-corrected chi connectivity index (χ0v) is 8.96. The van der Waals surface area contributed by atoms with Gasteiger partial charge in [0, 0.05) is 32.7 Å². The highest BCUT2D eigenvalue weighted by molar-refractivity contribution is 7.91. The molecule has 1 unspecified atom stereocenters. The molecule has 0 amide bonds. The Morgan fingerprint density at radius 3 is 2.57 bits per heavy atom. The molecule has 0 bridgehead atoms. The average molecular weight is 218 g/mol. The molecule has 1 atom stereocenters. The SMILES string of the molecule is O=S1(=O)CCN(C2CNCC[N]2)CC1. The van der Waals surface area contributed by atoms with Crippen LogP contribution < -0.4 is 10.6 Å². The maximum absolute atomic E-state index is 11.2. The second-order valence-corrected chi connectivity index (χ2v) is 6.08. The Morgan fingerprint density at radius 1 is 1.29 bits per heavy atom. The van der Waals surface area contributed by atoms with E-state index in [9.17, 15) is 8.42 Å². The molecule has 2 heterocycles. The van der Waals surface area contributed by atoms with Crippen molar-refractivity contribution in [1.29, 1.82) is 0 Å². The van der Waals surface area contributed by atoms with E-state index < -0.39 is 9.84 Å². The number of piperazine rings is 1. The standard InChI is InChI=1S/C8H16N3O2S/c12-14(13)5-3-11(4-6-14)8-7-9-1-2-10-8/h8-9H,1-7H2. The van der Waals surface area contributed by atoms with Gasteiger partial charge in [-0.3, -0.25) is 4.90 Å². The van der Waals surface area contributed by atoms with E-state index in [1.165, 1.54) is 0 Å². The van der Waals surface area contributed by atoms with Crippen LogP contribution in [0.3, 0.4) is 0 Å². The van der Waals surface area contributed by atoms with Crippen LogP contribution in [0.25, 0.3) is 0 Å². The molecule has 5 nitrogen and oxygen atoms in total. The number of nitrogens with zero attached hydrogens (tertiary/aromatic N) is 2. The zero-order chi connectivity index (χ0) is 10.0.